The fourth-order valence-corrected chi connectivity index (χ4v) is 3.28. The first-order chi connectivity index (χ1) is 13.4. The maximum absolute atomic E-state index is 5.58. The summed E-state index contributed by atoms with van der Waals surface area (Å²) in [5, 5.41) is 11.4. The van der Waals surface area contributed by atoms with Gasteiger partial charge in [0.05, 0.1) is 12.3 Å². The van der Waals surface area contributed by atoms with E-state index in [1.54, 1.807) is 0 Å². The Labute approximate surface area is 192 Å². The molecule has 2 aromatic rings. The molecule has 7 heteroatoms. The first kappa shape index (κ1) is 25.3. The number of benzene rings is 1. The normalized spacial score (nSPS) is 12.3. The van der Waals surface area contributed by atoms with Crippen molar-refractivity contribution < 1.29 is 4.74 Å². The predicted octanol–water partition coefficient (Wildman–Crippen LogP) is 3.78. The fourth-order valence-electron chi connectivity index (χ4n) is 3.28. The molecule has 0 aliphatic carbocycles. The molecule has 0 radical (unpaired) electrons. The molecule has 0 aliphatic heterocycles. The number of hydrogen-bond donors (Lipinski definition) is 2. The summed E-state index contributed by atoms with van der Waals surface area (Å²) in [6, 6.07) is 8.51. The van der Waals surface area contributed by atoms with Crippen LogP contribution in [-0.2, 0) is 19.9 Å². The van der Waals surface area contributed by atoms with Crippen molar-refractivity contribution in [2.45, 2.75) is 53.5 Å². The molecule has 1 atom stereocenters. The smallest absolute Gasteiger partial charge is 0.191 e. The molecule has 1 heterocycles. The van der Waals surface area contributed by atoms with Crippen LogP contribution in [0.4, 0.5) is 0 Å². The molecular weight excluding hydrogens is 477 g/mol. The van der Waals surface area contributed by atoms with Gasteiger partial charge in [0.1, 0.15) is 5.75 Å². The van der Waals surface area contributed by atoms with Crippen molar-refractivity contribution in [1.29, 1.82) is 0 Å². The predicted molar refractivity (Wildman–Crippen MR) is 132 cm³/mol. The Morgan fingerprint density at radius 1 is 1.28 bits per heavy atom. The summed E-state index contributed by atoms with van der Waals surface area (Å²) in [4.78, 5) is 4.75. The van der Waals surface area contributed by atoms with E-state index in [2.05, 4.69) is 55.6 Å². The molecule has 0 saturated heterocycles. The van der Waals surface area contributed by atoms with E-state index in [4.69, 9.17) is 9.73 Å². The number of aryl methyl sites for hydroxylation is 2. The van der Waals surface area contributed by atoms with E-state index in [9.17, 15) is 0 Å². The zero-order valence-electron chi connectivity index (χ0n) is 18.6. The van der Waals surface area contributed by atoms with Gasteiger partial charge in [0.25, 0.3) is 0 Å². The largest absolute Gasteiger partial charge is 0.494 e. The number of hydrogen-bond acceptors (Lipinski definition) is 3. The van der Waals surface area contributed by atoms with E-state index >= 15 is 0 Å². The Hall–Kier alpha value is -1.77. The van der Waals surface area contributed by atoms with E-state index < -0.39 is 0 Å². The fraction of sp³-hybridized carbons (Fsp3) is 0.545. The topological polar surface area (TPSA) is 63.5 Å². The second-order valence-corrected chi connectivity index (χ2v) is 7.11. The molecule has 2 N–H and O–H groups in total. The zero-order valence-corrected chi connectivity index (χ0v) is 20.9. The van der Waals surface area contributed by atoms with Crippen LogP contribution >= 0.6 is 24.0 Å². The van der Waals surface area contributed by atoms with Crippen molar-refractivity contribution in [2.24, 2.45) is 12.0 Å². The van der Waals surface area contributed by atoms with Crippen LogP contribution in [0.1, 0.15) is 43.3 Å². The zero-order chi connectivity index (χ0) is 20.5. The second kappa shape index (κ2) is 12.7. The second-order valence-electron chi connectivity index (χ2n) is 7.11. The number of rotatable bonds is 9. The summed E-state index contributed by atoms with van der Waals surface area (Å²) >= 11 is 0. The summed E-state index contributed by atoms with van der Waals surface area (Å²) in [5.74, 6) is 1.78. The maximum Gasteiger partial charge on any atom is 0.191 e. The van der Waals surface area contributed by atoms with E-state index in [-0.39, 0.29) is 30.0 Å². The quantitative estimate of drug-likeness (QED) is 0.305. The Morgan fingerprint density at radius 3 is 2.66 bits per heavy atom. The van der Waals surface area contributed by atoms with Crippen LogP contribution < -0.4 is 15.4 Å². The minimum atomic E-state index is 0. The monoisotopic (exact) mass is 513 g/mol. The van der Waals surface area contributed by atoms with Crippen molar-refractivity contribution >= 4 is 29.9 Å². The minimum absolute atomic E-state index is 0. The molecule has 0 amide bonds. The average molecular weight is 513 g/mol. The van der Waals surface area contributed by atoms with Gasteiger partial charge in [-0.3, -0.25) is 9.67 Å². The number of nitrogens with one attached hydrogen (secondary N) is 2. The van der Waals surface area contributed by atoms with Crippen LogP contribution in [0, 0.1) is 13.8 Å². The molecule has 29 heavy (non-hydrogen) atoms. The number of halogens is 1. The van der Waals surface area contributed by atoms with Crippen molar-refractivity contribution in [1.82, 2.24) is 20.4 Å². The molecule has 162 valence electrons. The van der Waals surface area contributed by atoms with Crippen LogP contribution in [0.25, 0.3) is 0 Å². The number of aromatic nitrogens is 2. The lowest BCUT2D eigenvalue weighted by molar-refractivity contribution is 0.340. The van der Waals surface area contributed by atoms with Gasteiger partial charge < -0.3 is 15.4 Å². The molecule has 0 aliphatic rings. The molecule has 1 aromatic heterocycles. The van der Waals surface area contributed by atoms with Crippen molar-refractivity contribution in [3.63, 3.8) is 0 Å². The number of nitrogens with zero attached hydrogens (tertiary/aromatic N) is 3. The summed E-state index contributed by atoms with van der Waals surface area (Å²) < 4.78 is 7.53. The summed E-state index contributed by atoms with van der Waals surface area (Å²) in [6.07, 6.45) is 1.80. The third-order valence-electron chi connectivity index (χ3n) is 4.78. The molecule has 6 nitrogen and oxygen atoms in total. The highest BCUT2D eigenvalue weighted by Crippen LogP contribution is 2.15. The molecular formula is C22H36IN5O. The number of ether oxygens (including phenoxy) is 1. The van der Waals surface area contributed by atoms with Gasteiger partial charge in [-0.1, -0.05) is 12.1 Å². The van der Waals surface area contributed by atoms with Gasteiger partial charge in [-0.15, -0.1) is 24.0 Å². The molecule has 0 bridgehead atoms. The van der Waals surface area contributed by atoms with Crippen LogP contribution in [0.15, 0.2) is 29.3 Å². The van der Waals surface area contributed by atoms with Crippen LogP contribution in [0.2, 0.25) is 0 Å². The van der Waals surface area contributed by atoms with Gasteiger partial charge in [0.15, 0.2) is 5.96 Å². The number of guanidine groups is 1. The molecule has 0 spiro atoms. The minimum Gasteiger partial charge on any atom is -0.494 e. The first-order valence-electron chi connectivity index (χ1n) is 10.2. The SMILES string of the molecule is CCNC(=NCCc1cccc(OCC)c1)NC(C)Cc1c(C)nn(C)c1C.I. The lowest BCUT2D eigenvalue weighted by Crippen LogP contribution is -2.43. The highest BCUT2D eigenvalue weighted by atomic mass is 127. The lowest BCUT2D eigenvalue weighted by Gasteiger charge is -2.18. The van der Waals surface area contributed by atoms with E-state index in [1.165, 1.54) is 16.8 Å². The van der Waals surface area contributed by atoms with Crippen molar-refractivity contribution in [3.8, 4) is 5.75 Å². The van der Waals surface area contributed by atoms with E-state index in [1.807, 2.05) is 30.8 Å². The standard InChI is InChI=1S/C22H35N5O.HI/c1-7-23-22(24-13-12-19-10-9-11-20(15-19)28-8-2)25-16(3)14-21-17(4)26-27(6)18(21)5;/h9-11,15-16H,7-8,12-14H2,1-6H3,(H2,23,24,25);1H. The highest BCUT2D eigenvalue weighted by molar-refractivity contribution is 14.0. The summed E-state index contributed by atoms with van der Waals surface area (Å²) in [5.41, 5.74) is 4.87. The number of aliphatic imine (C=N–C) groups is 1. The molecule has 1 aromatic carbocycles. The molecule has 2 rings (SSSR count). The molecule has 1 unspecified atom stereocenters. The van der Waals surface area contributed by atoms with Crippen LogP contribution in [0.5, 0.6) is 5.75 Å². The summed E-state index contributed by atoms with van der Waals surface area (Å²) in [6.45, 7) is 12.7. The van der Waals surface area contributed by atoms with Crippen LogP contribution in [-0.4, -0.2) is 41.5 Å². The van der Waals surface area contributed by atoms with Gasteiger partial charge in [-0.25, -0.2) is 0 Å². The molecule has 0 fully saturated rings. The lowest BCUT2D eigenvalue weighted by atomic mass is 10.1. The highest BCUT2D eigenvalue weighted by Gasteiger charge is 2.14. The summed E-state index contributed by atoms with van der Waals surface area (Å²) in [7, 11) is 2.00. The third kappa shape index (κ3) is 7.87. The van der Waals surface area contributed by atoms with E-state index in [0.29, 0.717) is 6.61 Å². The van der Waals surface area contributed by atoms with Crippen LogP contribution in [0.3, 0.4) is 0 Å². The maximum atomic E-state index is 5.58. The molecule has 0 saturated carbocycles. The van der Waals surface area contributed by atoms with Crippen molar-refractivity contribution in [2.75, 3.05) is 19.7 Å². The Balaban J connectivity index is 0.00000420. The van der Waals surface area contributed by atoms with E-state index in [0.717, 1.165) is 43.3 Å². The van der Waals surface area contributed by atoms with Gasteiger partial charge in [-0.2, -0.15) is 5.10 Å². The Bertz CT molecular complexity index is 788. The third-order valence-corrected chi connectivity index (χ3v) is 4.78. The van der Waals surface area contributed by atoms with Gasteiger partial charge in [0, 0.05) is 31.9 Å². The van der Waals surface area contributed by atoms with Gasteiger partial charge in [-0.05, 0) is 70.7 Å². The Kier molecular flexibility index (Phi) is 11.1. The van der Waals surface area contributed by atoms with Gasteiger partial charge in [0.2, 0.25) is 0 Å². The Morgan fingerprint density at radius 2 is 2.03 bits per heavy atom. The van der Waals surface area contributed by atoms with Crippen molar-refractivity contribution in [3.05, 3.63) is 46.8 Å². The first-order valence-corrected chi connectivity index (χ1v) is 10.2. The van der Waals surface area contributed by atoms with Gasteiger partial charge >= 0.3 is 0 Å². The average Bonchev–Trinajstić information content (AvgIpc) is 2.88.